The molecule has 1 aliphatic rings. The van der Waals surface area contributed by atoms with Crippen molar-refractivity contribution in [3.8, 4) is 0 Å². The minimum atomic E-state index is -3.61. The smallest absolute Gasteiger partial charge is 0.245 e. The lowest BCUT2D eigenvalue weighted by Crippen LogP contribution is -2.63. The van der Waals surface area contributed by atoms with Gasteiger partial charge in [-0.25, -0.2) is 8.42 Å². The van der Waals surface area contributed by atoms with Gasteiger partial charge in [-0.05, 0) is 18.6 Å². The van der Waals surface area contributed by atoms with E-state index in [1.807, 2.05) is 6.92 Å². The van der Waals surface area contributed by atoms with Crippen LogP contribution in [0.1, 0.15) is 19.8 Å². The van der Waals surface area contributed by atoms with Crippen molar-refractivity contribution in [1.82, 2.24) is 13.1 Å². The average Bonchev–Trinajstić information content (AvgIpc) is 2.83. The Hall–Kier alpha value is -1.09. The highest BCUT2D eigenvalue weighted by Gasteiger charge is 2.47. The molecule has 1 aromatic heterocycles. The first-order valence-corrected chi connectivity index (χ1v) is 8.57. The summed E-state index contributed by atoms with van der Waals surface area (Å²) in [5.74, 6) is 0. The van der Waals surface area contributed by atoms with Crippen molar-refractivity contribution in [3.63, 3.8) is 0 Å². The molecule has 6 nitrogen and oxygen atoms in total. The van der Waals surface area contributed by atoms with E-state index in [2.05, 4.69) is 8.75 Å². The number of benzene rings is 1. The van der Waals surface area contributed by atoms with Crippen LogP contribution in [-0.2, 0) is 10.0 Å². The van der Waals surface area contributed by atoms with Crippen LogP contribution in [0.2, 0.25) is 0 Å². The van der Waals surface area contributed by atoms with E-state index in [0.29, 0.717) is 17.5 Å². The number of rotatable bonds is 4. The van der Waals surface area contributed by atoms with Gasteiger partial charge in [-0.2, -0.15) is 13.1 Å². The Morgan fingerprint density at radius 3 is 2.85 bits per heavy atom. The fourth-order valence-corrected chi connectivity index (χ4v) is 4.88. The highest BCUT2D eigenvalue weighted by molar-refractivity contribution is 7.89. The standard InChI is InChI=1S/C12H15N3O3S2/c1-2-6-12(16)7-15(8-12)20(17,18)10-5-3-4-9-11(10)14-19-13-9/h3-5,16H,2,6-8H2,1H3. The van der Waals surface area contributed by atoms with Crippen LogP contribution in [-0.4, -0.2) is 45.3 Å². The molecule has 1 aromatic carbocycles. The van der Waals surface area contributed by atoms with Gasteiger partial charge >= 0.3 is 0 Å². The number of hydrogen-bond donors (Lipinski definition) is 1. The van der Waals surface area contributed by atoms with E-state index >= 15 is 0 Å². The van der Waals surface area contributed by atoms with Gasteiger partial charge < -0.3 is 5.11 Å². The monoisotopic (exact) mass is 313 g/mol. The van der Waals surface area contributed by atoms with E-state index in [1.165, 1.54) is 10.4 Å². The van der Waals surface area contributed by atoms with Crippen molar-refractivity contribution in [2.75, 3.05) is 13.1 Å². The summed E-state index contributed by atoms with van der Waals surface area (Å²) in [7, 11) is -3.61. The second kappa shape index (κ2) is 4.73. The molecule has 1 fully saturated rings. The van der Waals surface area contributed by atoms with Gasteiger partial charge in [-0.1, -0.05) is 19.4 Å². The van der Waals surface area contributed by atoms with Crippen LogP contribution in [0.5, 0.6) is 0 Å². The first-order valence-electron chi connectivity index (χ1n) is 6.40. The molecule has 1 aliphatic heterocycles. The summed E-state index contributed by atoms with van der Waals surface area (Å²) < 4.78 is 34.6. The zero-order chi connectivity index (χ0) is 14.4. The zero-order valence-corrected chi connectivity index (χ0v) is 12.6. The van der Waals surface area contributed by atoms with Crippen LogP contribution >= 0.6 is 11.7 Å². The number of β-amino-alcohol motifs (C(OH)–C–C–N with tert-alkyl or cyclic N) is 1. The summed E-state index contributed by atoms with van der Waals surface area (Å²) in [6, 6.07) is 4.94. The van der Waals surface area contributed by atoms with Gasteiger partial charge in [0.25, 0.3) is 0 Å². The summed E-state index contributed by atoms with van der Waals surface area (Å²) in [6.07, 6.45) is 1.44. The minimum Gasteiger partial charge on any atom is -0.387 e. The SMILES string of the molecule is CCCC1(O)CN(S(=O)(=O)c2cccc3nsnc23)C1. The van der Waals surface area contributed by atoms with Crippen LogP contribution in [0, 0.1) is 0 Å². The summed E-state index contributed by atoms with van der Waals surface area (Å²) in [6.45, 7) is 2.27. The molecular formula is C12H15N3O3S2. The van der Waals surface area contributed by atoms with Gasteiger partial charge in [0.1, 0.15) is 15.9 Å². The highest BCUT2D eigenvalue weighted by Crippen LogP contribution is 2.33. The third-order valence-electron chi connectivity index (χ3n) is 3.52. The Labute approximate surface area is 121 Å². The molecule has 0 unspecified atom stereocenters. The van der Waals surface area contributed by atoms with Gasteiger partial charge in [-0.3, -0.25) is 0 Å². The molecule has 1 N–H and O–H groups in total. The molecule has 0 aliphatic carbocycles. The molecule has 0 bridgehead atoms. The van der Waals surface area contributed by atoms with Gasteiger partial charge in [-0.15, -0.1) is 0 Å². The van der Waals surface area contributed by atoms with Crippen molar-refractivity contribution < 1.29 is 13.5 Å². The number of fused-ring (bicyclic) bond motifs is 1. The van der Waals surface area contributed by atoms with Crippen LogP contribution in [0.25, 0.3) is 11.0 Å². The van der Waals surface area contributed by atoms with E-state index in [1.54, 1.807) is 12.1 Å². The molecule has 8 heteroatoms. The Morgan fingerprint density at radius 1 is 1.40 bits per heavy atom. The Bertz CT molecular complexity index is 735. The summed E-state index contributed by atoms with van der Waals surface area (Å²) >= 11 is 0.996. The van der Waals surface area contributed by atoms with Crippen LogP contribution in [0.15, 0.2) is 23.1 Å². The molecule has 1 saturated heterocycles. The summed E-state index contributed by atoms with van der Waals surface area (Å²) in [4.78, 5) is 0.169. The van der Waals surface area contributed by atoms with Crippen molar-refractivity contribution >= 4 is 32.8 Å². The number of aliphatic hydroxyl groups is 1. The third kappa shape index (κ3) is 2.12. The van der Waals surface area contributed by atoms with E-state index in [0.717, 1.165) is 18.1 Å². The highest BCUT2D eigenvalue weighted by atomic mass is 32.2. The number of sulfonamides is 1. The maximum absolute atomic E-state index is 12.6. The number of aromatic nitrogens is 2. The summed E-state index contributed by atoms with van der Waals surface area (Å²) in [5.41, 5.74) is 0.111. The number of nitrogens with zero attached hydrogens (tertiary/aromatic N) is 3. The Kier molecular flexibility index (Phi) is 3.28. The van der Waals surface area contributed by atoms with Crippen LogP contribution < -0.4 is 0 Å². The maximum atomic E-state index is 12.6. The normalized spacial score (nSPS) is 19.1. The quantitative estimate of drug-likeness (QED) is 0.918. The van der Waals surface area contributed by atoms with Gasteiger partial charge in [0.05, 0.1) is 17.3 Å². The van der Waals surface area contributed by atoms with Crippen LogP contribution in [0.3, 0.4) is 0 Å². The van der Waals surface area contributed by atoms with Crippen molar-refractivity contribution in [1.29, 1.82) is 0 Å². The van der Waals surface area contributed by atoms with E-state index < -0.39 is 15.6 Å². The lowest BCUT2D eigenvalue weighted by atomic mass is 9.92. The summed E-state index contributed by atoms with van der Waals surface area (Å²) in [5, 5.41) is 10.1. The minimum absolute atomic E-state index is 0.150. The molecule has 2 aromatic rings. The fraction of sp³-hybridized carbons (Fsp3) is 0.500. The van der Waals surface area contributed by atoms with Crippen molar-refractivity contribution in [2.45, 2.75) is 30.3 Å². The predicted molar refractivity (Wildman–Crippen MR) is 76.0 cm³/mol. The predicted octanol–water partition coefficient (Wildman–Crippen LogP) is 1.23. The molecule has 2 heterocycles. The number of hydrogen-bond acceptors (Lipinski definition) is 6. The molecule has 20 heavy (non-hydrogen) atoms. The van der Waals surface area contributed by atoms with E-state index in [9.17, 15) is 13.5 Å². The lowest BCUT2D eigenvalue weighted by Gasteiger charge is -2.45. The zero-order valence-electron chi connectivity index (χ0n) is 11.0. The van der Waals surface area contributed by atoms with Crippen LogP contribution in [0.4, 0.5) is 0 Å². The van der Waals surface area contributed by atoms with Gasteiger partial charge in [0.15, 0.2) is 0 Å². The molecule has 0 radical (unpaired) electrons. The Morgan fingerprint density at radius 2 is 2.15 bits per heavy atom. The maximum Gasteiger partial charge on any atom is 0.245 e. The Balaban J connectivity index is 1.92. The third-order valence-corrected chi connectivity index (χ3v) is 5.89. The second-order valence-corrected chi connectivity index (χ2v) is 7.57. The molecule has 0 spiro atoms. The fourth-order valence-electron chi connectivity index (χ4n) is 2.53. The van der Waals surface area contributed by atoms with Gasteiger partial charge in [0, 0.05) is 13.1 Å². The first-order chi connectivity index (χ1) is 9.46. The first kappa shape index (κ1) is 13.9. The van der Waals surface area contributed by atoms with E-state index in [-0.39, 0.29) is 18.0 Å². The lowest BCUT2D eigenvalue weighted by molar-refractivity contribution is -0.0653. The molecule has 0 saturated carbocycles. The molecule has 0 atom stereocenters. The van der Waals surface area contributed by atoms with Gasteiger partial charge in [0.2, 0.25) is 10.0 Å². The molecular weight excluding hydrogens is 298 g/mol. The van der Waals surface area contributed by atoms with Crippen molar-refractivity contribution in [3.05, 3.63) is 18.2 Å². The second-order valence-electron chi connectivity index (χ2n) is 5.14. The molecule has 0 amide bonds. The topological polar surface area (TPSA) is 83.4 Å². The molecule has 108 valence electrons. The largest absolute Gasteiger partial charge is 0.387 e. The molecule has 3 rings (SSSR count). The van der Waals surface area contributed by atoms with Crippen molar-refractivity contribution in [2.24, 2.45) is 0 Å². The average molecular weight is 313 g/mol. The van der Waals surface area contributed by atoms with E-state index in [4.69, 9.17) is 0 Å².